The number of pyridine rings is 1. The number of aromatic nitrogens is 2. The summed E-state index contributed by atoms with van der Waals surface area (Å²) in [5.41, 5.74) is 7.49. The third-order valence-electron chi connectivity index (χ3n) is 5.02. The van der Waals surface area contributed by atoms with Crippen molar-refractivity contribution >= 4 is 32.4 Å². The van der Waals surface area contributed by atoms with Crippen LogP contribution in [0.1, 0.15) is 19.3 Å². The number of nitriles is 1. The average Bonchev–Trinajstić information content (AvgIpc) is 3.31. The van der Waals surface area contributed by atoms with E-state index in [0.29, 0.717) is 22.4 Å². The summed E-state index contributed by atoms with van der Waals surface area (Å²) in [6, 6.07) is 12.2. The van der Waals surface area contributed by atoms with E-state index in [4.69, 9.17) is 5.73 Å². The largest absolute Gasteiger partial charge is 0.396 e. The summed E-state index contributed by atoms with van der Waals surface area (Å²) in [6.45, 7) is 0. The summed E-state index contributed by atoms with van der Waals surface area (Å²) >= 11 is 0. The minimum absolute atomic E-state index is 0.00280. The van der Waals surface area contributed by atoms with Crippen LogP contribution in [-0.2, 0) is 10.0 Å². The molecule has 27 heavy (non-hydrogen) atoms. The maximum Gasteiger partial charge on any atom is 0.269 e. The van der Waals surface area contributed by atoms with Gasteiger partial charge in [-0.3, -0.25) is 0 Å². The zero-order valence-corrected chi connectivity index (χ0v) is 15.4. The highest BCUT2D eigenvalue weighted by Crippen LogP contribution is 2.35. The van der Waals surface area contributed by atoms with Crippen LogP contribution in [-0.4, -0.2) is 23.4 Å². The molecular formula is C19H19N5O2S. The SMILES string of the molecule is N#C[C@@H]1CCC[C@H]1Nc1c(N)cnc2c1ccn2S(=O)(=O)c1ccccc1. The number of nitrogens with one attached hydrogen (secondary N) is 1. The molecule has 0 bridgehead atoms. The third kappa shape index (κ3) is 2.90. The zero-order chi connectivity index (χ0) is 19.0. The second kappa shape index (κ2) is 6.59. The van der Waals surface area contributed by atoms with Crippen molar-refractivity contribution in [2.24, 2.45) is 5.92 Å². The van der Waals surface area contributed by atoms with Crippen LogP contribution < -0.4 is 11.1 Å². The Morgan fingerprint density at radius 2 is 2.00 bits per heavy atom. The minimum Gasteiger partial charge on any atom is -0.396 e. The molecule has 0 saturated heterocycles. The fourth-order valence-electron chi connectivity index (χ4n) is 3.61. The van der Waals surface area contributed by atoms with Gasteiger partial charge in [0.05, 0.1) is 34.5 Å². The number of rotatable bonds is 4. The molecule has 138 valence electrons. The van der Waals surface area contributed by atoms with E-state index in [9.17, 15) is 13.7 Å². The van der Waals surface area contributed by atoms with Gasteiger partial charge in [0.2, 0.25) is 0 Å². The van der Waals surface area contributed by atoms with Crippen molar-refractivity contribution in [2.75, 3.05) is 11.1 Å². The Labute approximate surface area is 157 Å². The lowest BCUT2D eigenvalue weighted by Crippen LogP contribution is -2.23. The Hall–Kier alpha value is -3.05. The van der Waals surface area contributed by atoms with Crippen LogP contribution in [0, 0.1) is 17.2 Å². The molecule has 8 heteroatoms. The Balaban J connectivity index is 1.80. The molecule has 0 aliphatic heterocycles. The number of hydrogen-bond donors (Lipinski definition) is 2. The maximum absolute atomic E-state index is 13.0. The summed E-state index contributed by atoms with van der Waals surface area (Å²) in [5.74, 6) is -0.0808. The molecular weight excluding hydrogens is 362 g/mol. The predicted octanol–water partition coefficient (Wildman–Crippen LogP) is 2.96. The van der Waals surface area contributed by atoms with Crippen molar-refractivity contribution in [3.63, 3.8) is 0 Å². The molecule has 1 aliphatic rings. The molecule has 2 heterocycles. The van der Waals surface area contributed by atoms with Gasteiger partial charge in [-0.1, -0.05) is 18.2 Å². The van der Waals surface area contributed by atoms with Gasteiger partial charge in [0.25, 0.3) is 10.0 Å². The molecule has 0 unspecified atom stereocenters. The zero-order valence-electron chi connectivity index (χ0n) is 14.5. The fraction of sp³-hybridized carbons (Fsp3) is 0.263. The van der Waals surface area contributed by atoms with Gasteiger partial charge in [0, 0.05) is 17.6 Å². The van der Waals surface area contributed by atoms with Gasteiger partial charge >= 0.3 is 0 Å². The van der Waals surface area contributed by atoms with Gasteiger partial charge in [-0.25, -0.2) is 17.4 Å². The van der Waals surface area contributed by atoms with Crippen LogP contribution in [0.3, 0.4) is 0 Å². The van der Waals surface area contributed by atoms with Gasteiger partial charge in [0.1, 0.15) is 0 Å². The highest BCUT2D eigenvalue weighted by atomic mass is 32.2. The molecule has 4 rings (SSSR count). The number of anilines is 2. The molecule has 0 radical (unpaired) electrons. The molecule has 0 amide bonds. The van der Waals surface area contributed by atoms with E-state index in [1.807, 2.05) is 0 Å². The Morgan fingerprint density at radius 1 is 1.22 bits per heavy atom. The van der Waals surface area contributed by atoms with Gasteiger partial charge in [0.15, 0.2) is 5.65 Å². The summed E-state index contributed by atoms with van der Waals surface area (Å²) < 4.78 is 27.1. The van der Waals surface area contributed by atoms with E-state index < -0.39 is 10.0 Å². The summed E-state index contributed by atoms with van der Waals surface area (Å²) in [7, 11) is -3.76. The molecule has 7 nitrogen and oxygen atoms in total. The molecule has 1 saturated carbocycles. The van der Waals surface area contributed by atoms with E-state index in [2.05, 4.69) is 16.4 Å². The van der Waals surface area contributed by atoms with Crippen LogP contribution >= 0.6 is 0 Å². The number of nitrogens with zero attached hydrogens (tertiary/aromatic N) is 3. The predicted molar refractivity (Wildman–Crippen MR) is 104 cm³/mol. The standard InChI is InChI=1S/C19H19N5O2S/c20-11-13-5-4-8-17(13)23-18-15-9-10-24(19(15)22-12-16(18)21)27(25,26)14-6-2-1-3-7-14/h1-3,6-7,9-10,12-13,17H,4-5,8,21H2,(H,22,23)/t13-,17+/m0/s1. The number of hydrogen-bond acceptors (Lipinski definition) is 6. The van der Waals surface area contributed by atoms with E-state index in [1.54, 1.807) is 36.4 Å². The van der Waals surface area contributed by atoms with E-state index in [1.165, 1.54) is 16.4 Å². The summed E-state index contributed by atoms with van der Waals surface area (Å²) in [5, 5.41) is 13.3. The quantitative estimate of drug-likeness (QED) is 0.718. The first kappa shape index (κ1) is 17.4. The highest BCUT2D eigenvalue weighted by molar-refractivity contribution is 7.90. The maximum atomic E-state index is 13.0. The van der Waals surface area contributed by atoms with Crippen molar-refractivity contribution in [2.45, 2.75) is 30.2 Å². The van der Waals surface area contributed by atoms with E-state index in [-0.39, 0.29) is 16.9 Å². The summed E-state index contributed by atoms with van der Waals surface area (Å²) in [4.78, 5) is 4.45. The van der Waals surface area contributed by atoms with Crippen molar-refractivity contribution in [1.29, 1.82) is 5.26 Å². The smallest absolute Gasteiger partial charge is 0.269 e. The highest BCUT2D eigenvalue weighted by Gasteiger charge is 2.29. The second-order valence-corrected chi connectivity index (χ2v) is 8.49. The number of nitrogen functional groups attached to an aromatic ring is 1. The van der Waals surface area contributed by atoms with Gasteiger partial charge in [-0.15, -0.1) is 0 Å². The molecule has 3 N–H and O–H groups in total. The average molecular weight is 381 g/mol. The van der Waals surface area contributed by atoms with E-state index in [0.717, 1.165) is 19.3 Å². The fourth-order valence-corrected chi connectivity index (χ4v) is 4.93. The molecule has 1 aliphatic carbocycles. The van der Waals surface area contributed by atoms with Gasteiger partial charge < -0.3 is 11.1 Å². The monoisotopic (exact) mass is 381 g/mol. The van der Waals surface area contributed by atoms with Crippen molar-refractivity contribution < 1.29 is 8.42 Å². The van der Waals surface area contributed by atoms with Crippen molar-refractivity contribution in [1.82, 2.24) is 8.96 Å². The number of fused-ring (bicyclic) bond motifs is 1. The number of benzene rings is 1. The lowest BCUT2D eigenvalue weighted by Gasteiger charge is -2.19. The van der Waals surface area contributed by atoms with E-state index >= 15 is 0 Å². The van der Waals surface area contributed by atoms with Crippen molar-refractivity contribution in [3.05, 3.63) is 48.8 Å². The molecule has 0 spiro atoms. The minimum atomic E-state index is -3.76. The Kier molecular flexibility index (Phi) is 4.24. The molecule has 2 atom stereocenters. The second-order valence-electron chi connectivity index (χ2n) is 6.67. The summed E-state index contributed by atoms with van der Waals surface area (Å²) in [6.07, 6.45) is 5.66. The molecule has 3 aromatic rings. The topological polar surface area (TPSA) is 114 Å². The van der Waals surface area contributed by atoms with Gasteiger partial charge in [-0.2, -0.15) is 5.26 Å². The molecule has 2 aromatic heterocycles. The first-order chi connectivity index (χ1) is 13.0. The van der Waals surface area contributed by atoms with Crippen LogP contribution in [0.5, 0.6) is 0 Å². The Morgan fingerprint density at radius 3 is 2.74 bits per heavy atom. The Bertz CT molecular complexity index is 1130. The van der Waals surface area contributed by atoms with Crippen LogP contribution in [0.4, 0.5) is 11.4 Å². The lowest BCUT2D eigenvalue weighted by atomic mass is 10.1. The van der Waals surface area contributed by atoms with Crippen LogP contribution in [0.15, 0.2) is 53.7 Å². The molecule has 1 aromatic carbocycles. The molecule has 1 fully saturated rings. The normalized spacial score (nSPS) is 19.8. The lowest BCUT2D eigenvalue weighted by molar-refractivity contribution is 0.589. The van der Waals surface area contributed by atoms with Crippen LogP contribution in [0.25, 0.3) is 11.0 Å². The first-order valence-corrected chi connectivity index (χ1v) is 10.2. The van der Waals surface area contributed by atoms with Crippen LogP contribution in [0.2, 0.25) is 0 Å². The first-order valence-electron chi connectivity index (χ1n) is 8.74. The number of nitrogens with two attached hydrogens (primary N) is 1. The third-order valence-corrected chi connectivity index (χ3v) is 6.70. The van der Waals surface area contributed by atoms with Gasteiger partial charge in [-0.05, 0) is 37.5 Å². The van der Waals surface area contributed by atoms with Crippen molar-refractivity contribution in [3.8, 4) is 6.07 Å².